The first-order valence-corrected chi connectivity index (χ1v) is 29.0. The van der Waals surface area contributed by atoms with E-state index in [0.717, 1.165) is 68.3 Å². The van der Waals surface area contributed by atoms with Crippen LogP contribution in [0, 0.1) is 12.3 Å². The van der Waals surface area contributed by atoms with Crippen molar-refractivity contribution in [3.05, 3.63) is 349 Å². The summed E-state index contributed by atoms with van der Waals surface area (Å²) >= 11 is 0. The van der Waals surface area contributed by atoms with Crippen molar-refractivity contribution in [1.29, 1.82) is 0 Å². The van der Waals surface area contributed by atoms with Gasteiger partial charge in [0.25, 0.3) is 0 Å². The number of anilines is 11. The minimum atomic E-state index is -0.783. The Hall–Kier alpha value is -11.3. The molecule has 12 aromatic carbocycles. The van der Waals surface area contributed by atoms with Crippen molar-refractivity contribution in [1.82, 2.24) is 4.57 Å². The lowest BCUT2D eigenvalue weighted by molar-refractivity contribution is 0.748. The number of benzene rings is 12. The first kappa shape index (κ1) is 50.6. The quantitative estimate of drug-likeness (QED) is 0.0845. The van der Waals surface area contributed by atoms with Crippen LogP contribution in [0.1, 0.15) is 29.2 Å². The number of hydrogen-bond donors (Lipinski definition) is 0. The van der Waals surface area contributed by atoms with Crippen LogP contribution < -0.4 is 19.6 Å². The highest BCUT2D eigenvalue weighted by Gasteiger charge is 2.51. The van der Waals surface area contributed by atoms with E-state index in [-0.39, 0.29) is 0 Å². The van der Waals surface area contributed by atoms with Crippen molar-refractivity contribution in [3.8, 4) is 29.2 Å². The molecular formula is C80H57N5. The molecular weight excluding hydrogens is 1030 g/mol. The van der Waals surface area contributed by atoms with Crippen molar-refractivity contribution in [2.75, 3.05) is 19.6 Å². The standard InChI is InChI=1S/C80H57N5/c1-3-27-57(28-4-2)81(58-29-10-5-11-30-58)63-39-24-41-65(53-63)83(61-35-16-8-17-36-61)67-49-51-69-70-52-50-68(84(62-37-18-9-19-38-62)66-42-25-40-64(54-66)82(59-31-12-6-13-32-59)60-33-14-7-15-34-60)56-76(70)80(75(69)55-67)73-45-21-23-48-78(73)85-77-47-22-20-43-71(77)72-44-26-46-74(80)79(72)85/h1,4-56H,2H3/b28-4-,57-27+. The Morgan fingerprint density at radius 3 is 1.29 bits per heavy atom. The molecule has 13 aromatic rings. The number of fused-ring (bicyclic) bond motifs is 12. The molecule has 1 aliphatic carbocycles. The summed E-state index contributed by atoms with van der Waals surface area (Å²) in [5, 5.41) is 2.46. The fraction of sp³-hybridized carbons (Fsp3) is 0.0250. The zero-order valence-electron chi connectivity index (χ0n) is 46.9. The summed E-state index contributed by atoms with van der Waals surface area (Å²) in [5.41, 5.74) is 22.4. The smallest absolute Gasteiger partial charge is 0.0756 e. The fourth-order valence-electron chi connectivity index (χ4n) is 13.5. The summed E-state index contributed by atoms with van der Waals surface area (Å²) in [6.45, 7) is 2.02. The van der Waals surface area contributed by atoms with E-state index in [1.54, 1.807) is 0 Å². The number of terminal acetylenes is 1. The van der Waals surface area contributed by atoms with Gasteiger partial charge in [-0.15, -0.1) is 6.42 Å². The maximum Gasteiger partial charge on any atom is 0.0756 e. The van der Waals surface area contributed by atoms with Crippen molar-refractivity contribution in [3.63, 3.8) is 0 Å². The zero-order valence-corrected chi connectivity index (χ0v) is 46.9. The lowest BCUT2D eigenvalue weighted by atomic mass is 9.65. The van der Waals surface area contributed by atoms with Gasteiger partial charge in [-0.2, -0.15) is 0 Å². The summed E-state index contributed by atoms with van der Waals surface area (Å²) in [6.07, 6.45) is 12.0. The van der Waals surface area contributed by atoms with E-state index in [2.05, 4.69) is 333 Å². The van der Waals surface area contributed by atoms with E-state index in [1.807, 2.05) is 25.1 Å². The van der Waals surface area contributed by atoms with Crippen LogP contribution in [-0.2, 0) is 5.41 Å². The average molecular weight is 1090 g/mol. The number of aromatic nitrogens is 1. The molecule has 0 fully saturated rings. The van der Waals surface area contributed by atoms with Gasteiger partial charge in [0.15, 0.2) is 0 Å². The minimum Gasteiger partial charge on any atom is -0.310 e. The molecule has 15 rings (SSSR count). The van der Waals surface area contributed by atoms with Crippen LogP contribution in [0.4, 0.5) is 62.6 Å². The van der Waals surface area contributed by atoms with Crippen LogP contribution in [0.2, 0.25) is 0 Å². The molecule has 1 aromatic heterocycles. The number of para-hydroxylation sites is 8. The van der Waals surface area contributed by atoms with Crippen molar-refractivity contribution in [2.24, 2.45) is 0 Å². The second kappa shape index (κ2) is 21.2. The van der Waals surface area contributed by atoms with Crippen LogP contribution in [0.25, 0.3) is 38.6 Å². The van der Waals surface area contributed by atoms with Gasteiger partial charge in [0.05, 0.1) is 27.8 Å². The maximum atomic E-state index is 6.05. The second-order valence-electron chi connectivity index (χ2n) is 21.6. The predicted molar refractivity (Wildman–Crippen MR) is 356 cm³/mol. The molecule has 0 N–H and O–H groups in total. The third-order valence-electron chi connectivity index (χ3n) is 16.9. The molecule has 5 nitrogen and oxygen atoms in total. The third-order valence-corrected chi connectivity index (χ3v) is 16.9. The Kier molecular flexibility index (Phi) is 12.6. The van der Waals surface area contributed by atoms with Crippen LogP contribution in [0.5, 0.6) is 0 Å². The van der Waals surface area contributed by atoms with Crippen LogP contribution in [-0.4, -0.2) is 4.57 Å². The lowest BCUT2D eigenvalue weighted by Gasteiger charge is -2.40. The average Bonchev–Trinajstić information content (AvgIpc) is 1.60. The SMILES string of the molecule is C#C/C=C(\C=C/C)N(c1ccccc1)c1cccc(N(c2ccccc2)c2ccc3c(c2)C2(c4cc(N(c5ccccc5)c5cccc(N(c6ccccc6)c6ccccc6)c5)ccc4-3)c3ccccc3-n3c4ccccc4c4cccc2c43)c1. The number of allylic oxidation sites excluding steroid dienone is 3. The molecule has 1 aliphatic heterocycles. The zero-order chi connectivity index (χ0) is 56.8. The number of nitrogens with zero attached hydrogens (tertiary/aromatic N) is 5. The maximum absolute atomic E-state index is 6.05. The Morgan fingerprint density at radius 2 is 0.765 bits per heavy atom. The third kappa shape index (κ3) is 8.34. The molecule has 1 unspecified atom stereocenters. The molecule has 2 aliphatic rings. The van der Waals surface area contributed by atoms with Crippen LogP contribution >= 0.6 is 0 Å². The second-order valence-corrected chi connectivity index (χ2v) is 21.6. The predicted octanol–water partition coefficient (Wildman–Crippen LogP) is 21.1. The molecule has 0 bridgehead atoms. The summed E-state index contributed by atoms with van der Waals surface area (Å²) in [7, 11) is 0. The summed E-state index contributed by atoms with van der Waals surface area (Å²) in [5.74, 6) is 2.82. The van der Waals surface area contributed by atoms with Gasteiger partial charge in [-0.3, -0.25) is 0 Å². The van der Waals surface area contributed by atoms with E-state index >= 15 is 0 Å². The van der Waals surface area contributed by atoms with Crippen LogP contribution in [0.15, 0.2) is 327 Å². The van der Waals surface area contributed by atoms with E-state index in [1.165, 1.54) is 60.9 Å². The van der Waals surface area contributed by atoms with Crippen LogP contribution in [0.3, 0.4) is 0 Å². The highest BCUT2D eigenvalue weighted by atomic mass is 15.2. The minimum absolute atomic E-state index is 0.783. The van der Waals surface area contributed by atoms with E-state index in [4.69, 9.17) is 6.42 Å². The van der Waals surface area contributed by atoms with Crippen molar-refractivity contribution >= 4 is 84.4 Å². The first-order valence-electron chi connectivity index (χ1n) is 29.0. The Morgan fingerprint density at radius 1 is 0.365 bits per heavy atom. The Balaban J connectivity index is 0.976. The molecule has 0 amide bonds. The first-order chi connectivity index (χ1) is 42.1. The lowest BCUT2D eigenvalue weighted by Crippen LogP contribution is -2.33. The topological polar surface area (TPSA) is 17.9 Å². The molecule has 0 radical (unpaired) electrons. The molecule has 2 heterocycles. The fourth-order valence-corrected chi connectivity index (χ4v) is 13.5. The number of rotatable bonds is 13. The molecule has 85 heavy (non-hydrogen) atoms. The molecule has 0 saturated carbocycles. The molecule has 402 valence electrons. The largest absolute Gasteiger partial charge is 0.310 e. The normalized spacial score (nSPS) is 13.8. The van der Waals surface area contributed by atoms with Gasteiger partial charge < -0.3 is 24.2 Å². The highest BCUT2D eigenvalue weighted by Crippen LogP contribution is 2.63. The summed E-state index contributed by atoms with van der Waals surface area (Å²) in [4.78, 5) is 9.40. The van der Waals surface area contributed by atoms with Gasteiger partial charge in [-0.25, -0.2) is 0 Å². The van der Waals surface area contributed by atoms with Crippen molar-refractivity contribution in [2.45, 2.75) is 12.3 Å². The summed E-state index contributed by atoms with van der Waals surface area (Å²) in [6, 6.07) is 110. The highest BCUT2D eigenvalue weighted by molar-refractivity contribution is 6.13. The van der Waals surface area contributed by atoms with Crippen molar-refractivity contribution < 1.29 is 0 Å². The molecule has 5 heteroatoms. The monoisotopic (exact) mass is 1090 g/mol. The van der Waals surface area contributed by atoms with Gasteiger partial charge in [-0.05, 0) is 180 Å². The molecule has 0 saturated heterocycles. The van der Waals surface area contributed by atoms with Gasteiger partial charge in [0.1, 0.15) is 0 Å². The molecule has 1 atom stereocenters. The van der Waals surface area contributed by atoms with E-state index < -0.39 is 5.41 Å². The van der Waals surface area contributed by atoms with Gasteiger partial charge in [0.2, 0.25) is 0 Å². The summed E-state index contributed by atoms with van der Waals surface area (Å²) < 4.78 is 2.52. The Bertz CT molecular complexity index is 4710. The number of hydrogen-bond acceptors (Lipinski definition) is 4. The van der Waals surface area contributed by atoms with E-state index in [0.29, 0.717) is 0 Å². The van der Waals surface area contributed by atoms with Gasteiger partial charge >= 0.3 is 0 Å². The Labute approximate surface area is 496 Å². The van der Waals surface area contributed by atoms with Gasteiger partial charge in [0, 0.05) is 79.4 Å². The van der Waals surface area contributed by atoms with Gasteiger partial charge in [-0.1, -0.05) is 182 Å². The molecule has 1 spiro atoms. The van der Waals surface area contributed by atoms with E-state index in [9.17, 15) is 0 Å².